The second-order valence-corrected chi connectivity index (χ2v) is 8.17. The number of hydrogen-bond acceptors (Lipinski definition) is 4. The Bertz CT molecular complexity index is 857. The van der Waals surface area contributed by atoms with Crippen molar-refractivity contribution in [1.29, 1.82) is 0 Å². The van der Waals surface area contributed by atoms with Gasteiger partial charge in [0.15, 0.2) is 5.96 Å². The van der Waals surface area contributed by atoms with Crippen LogP contribution in [0.1, 0.15) is 50.0 Å². The Morgan fingerprint density at radius 3 is 2.55 bits per heavy atom. The maximum atomic E-state index is 11.9. The van der Waals surface area contributed by atoms with Crippen LogP contribution < -0.4 is 15.5 Å². The summed E-state index contributed by atoms with van der Waals surface area (Å²) in [5.74, 6) is 2.02. The van der Waals surface area contributed by atoms with E-state index in [1.807, 2.05) is 23.1 Å². The zero-order chi connectivity index (χ0) is 21.5. The van der Waals surface area contributed by atoms with Gasteiger partial charge in [-0.3, -0.25) is 9.69 Å². The Balaban J connectivity index is 1.38. The van der Waals surface area contributed by atoms with E-state index >= 15 is 0 Å². The standard InChI is InChI=1S/C24H33N5O2/c1-2-25-24(27-18-21(22-7-6-16-31-22)28-13-3-4-14-28)26-17-19-9-11-20(12-10-19)29-15-5-8-23(29)30/h6-7,9-12,16,21H,2-5,8,13-15,17-18H2,1H3,(H2,25,26,27). The third-order valence-electron chi connectivity index (χ3n) is 6.00. The normalized spacial score (nSPS) is 18.5. The Morgan fingerprint density at radius 2 is 1.90 bits per heavy atom. The van der Waals surface area contributed by atoms with E-state index in [1.165, 1.54) is 12.8 Å². The van der Waals surface area contributed by atoms with Crippen LogP contribution in [0.25, 0.3) is 0 Å². The quantitative estimate of drug-likeness (QED) is 0.503. The van der Waals surface area contributed by atoms with Crippen LogP contribution in [-0.4, -0.2) is 49.5 Å². The number of nitrogens with one attached hydrogen (secondary N) is 2. The number of carbonyl (C=O) groups excluding carboxylic acids is 1. The molecule has 1 unspecified atom stereocenters. The third kappa shape index (κ3) is 5.47. The predicted molar refractivity (Wildman–Crippen MR) is 123 cm³/mol. The molecule has 0 radical (unpaired) electrons. The van der Waals surface area contributed by atoms with Crippen molar-refractivity contribution < 1.29 is 9.21 Å². The molecule has 1 atom stereocenters. The molecule has 3 heterocycles. The lowest BCUT2D eigenvalue weighted by Crippen LogP contribution is -2.42. The van der Waals surface area contributed by atoms with Crippen LogP contribution in [0, 0.1) is 0 Å². The molecule has 2 saturated heterocycles. The number of rotatable bonds is 8. The highest BCUT2D eigenvalue weighted by molar-refractivity contribution is 5.95. The van der Waals surface area contributed by atoms with Crippen LogP contribution >= 0.6 is 0 Å². The molecule has 0 saturated carbocycles. The number of likely N-dealkylation sites (tertiary alicyclic amines) is 1. The van der Waals surface area contributed by atoms with Gasteiger partial charge in [0.1, 0.15) is 5.76 Å². The lowest BCUT2D eigenvalue weighted by atomic mass is 10.2. The smallest absolute Gasteiger partial charge is 0.227 e. The van der Waals surface area contributed by atoms with Crippen LogP contribution in [0.3, 0.4) is 0 Å². The Labute approximate surface area is 184 Å². The van der Waals surface area contributed by atoms with Gasteiger partial charge in [0.2, 0.25) is 5.91 Å². The lowest BCUT2D eigenvalue weighted by molar-refractivity contribution is -0.117. The number of hydrogen-bond donors (Lipinski definition) is 2. The summed E-state index contributed by atoms with van der Waals surface area (Å²) in [5, 5.41) is 6.85. The molecule has 2 N–H and O–H groups in total. The van der Waals surface area contributed by atoms with Crippen LogP contribution in [0.5, 0.6) is 0 Å². The fourth-order valence-corrected chi connectivity index (χ4v) is 4.35. The van der Waals surface area contributed by atoms with Gasteiger partial charge in [0.25, 0.3) is 0 Å². The zero-order valence-electron chi connectivity index (χ0n) is 18.3. The molecule has 2 fully saturated rings. The van der Waals surface area contributed by atoms with Crippen molar-refractivity contribution in [3.05, 3.63) is 54.0 Å². The van der Waals surface area contributed by atoms with Crippen molar-refractivity contribution in [2.45, 2.75) is 45.2 Å². The molecule has 4 rings (SSSR count). The van der Waals surface area contributed by atoms with Crippen molar-refractivity contribution in [3.8, 4) is 0 Å². The van der Waals surface area contributed by atoms with Crippen molar-refractivity contribution in [3.63, 3.8) is 0 Å². The third-order valence-corrected chi connectivity index (χ3v) is 6.00. The first-order valence-electron chi connectivity index (χ1n) is 11.4. The number of carbonyl (C=O) groups is 1. The summed E-state index contributed by atoms with van der Waals surface area (Å²) in [5.41, 5.74) is 2.10. The monoisotopic (exact) mass is 423 g/mol. The van der Waals surface area contributed by atoms with Crippen LogP contribution in [0.2, 0.25) is 0 Å². The first kappa shape index (κ1) is 21.4. The molecule has 2 aliphatic heterocycles. The number of nitrogens with zero attached hydrogens (tertiary/aromatic N) is 3. The van der Waals surface area contributed by atoms with Gasteiger partial charge in [-0.25, -0.2) is 4.99 Å². The predicted octanol–water partition coefficient (Wildman–Crippen LogP) is 3.30. The molecule has 31 heavy (non-hydrogen) atoms. The SMILES string of the molecule is CCNC(=NCc1ccc(N2CCCC2=O)cc1)NCC(c1ccco1)N1CCCC1. The minimum atomic E-state index is 0.207. The number of anilines is 1. The number of aliphatic imine (C=N–C) groups is 1. The Kier molecular flexibility index (Phi) is 7.25. The summed E-state index contributed by atoms with van der Waals surface area (Å²) in [7, 11) is 0. The average Bonchev–Trinajstić information content (AvgIpc) is 3.56. The first-order valence-corrected chi connectivity index (χ1v) is 11.4. The molecule has 0 spiro atoms. The average molecular weight is 424 g/mol. The van der Waals surface area contributed by atoms with Crippen molar-refractivity contribution in [1.82, 2.24) is 15.5 Å². The fraction of sp³-hybridized carbons (Fsp3) is 0.500. The van der Waals surface area contributed by atoms with E-state index in [0.29, 0.717) is 13.0 Å². The minimum Gasteiger partial charge on any atom is -0.468 e. The maximum Gasteiger partial charge on any atom is 0.227 e. The summed E-state index contributed by atoms with van der Waals surface area (Å²) < 4.78 is 5.72. The molecule has 0 bridgehead atoms. The molecule has 7 heteroatoms. The van der Waals surface area contributed by atoms with Gasteiger partial charge < -0.3 is 20.0 Å². The molecule has 0 aliphatic carbocycles. The van der Waals surface area contributed by atoms with Gasteiger partial charge in [-0.15, -0.1) is 0 Å². The first-order chi connectivity index (χ1) is 15.2. The summed E-state index contributed by atoms with van der Waals surface area (Å²) in [6.07, 6.45) is 5.82. The zero-order valence-corrected chi connectivity index (χ0v) is 18.3. The molecular formula is C24H33N5O2. The minimum absolute atomic E-state index is 0.207. The van der Waals surface area contributed by atoms with Gasteiger partial charge in [-0.1, -0.05) is 12.1 Å². The maximum absolute atomic E-state index is 11.9. The van der Waals surface area contributed by atoms with E-state index in [1.54, 1.807) is 6.26 Å². The number of benzene rings is 1. The molecule has 1 aromatic carbocycles. The molecule has 2 aromatic rings. The van der Waals surface area contributed by atoms with E-state index in [4.69, 9.17) is 9.41 Å². The van der Waals surface area contributed by atoms with Crippen LogP contribution in [0.4, 0.5) is 5.69 Å². The molecule has 7 nitrogen and oxygen atoms in total. The van der Waals surface area contributed by atoms with Gasteiger partial charge in [-0.05, 0) is 69.1 Å². The fourth-order valence-electron chi connectivity index (χ4n) is 4.35. The molecule has 166 valence electrons. The topological polar surface area (TPSA) is 73.1 Å². The van der Waals surface area contributed by atoms with Gasteiger partial charge in [0.05, 0.1) is 18.8 Å². The summed E-state index contributed by atoms with van der Waals surface area (Å²) in [6.45, 7) is 7.23. The van der Waals surface area contributed by atoms with Crippen molar-refractivity contribution in [2.24, 2.45) is 4.99 Å². The highest BCUT2D eigenvalue weighted by Gasteiger charge is 2.25. The van der Waals surface area contributed by atoms with Gasteiger partial charge in [0, 0.05) is 31.7 Å². The van der Waals surface area contributed by atoms with E-state index in [0.717, 1.165) is 62.1 Å². The van der Waals surface area contributed by atoms with E-state index in [2.05, 4.69) is 40.7 Å². The van der Waals surface area contributed by atoms with Crippen LogP contribution in [0.15, 0.2) is 52.1 Å². The molecule has 2 aliphatic rings. The van der Waals surface area contributed by atoms with Crippen molar-refractivity contribution in [2.75, 3.05) is 37.6 Å². The Hall–Kier alpha value is -2.80. The van der Waals surface area contributed by atoms with E-state index in [9.17, 15) is 4.79 Å². The lowest BCUT2D eigenvalue weighted by Gasteiger charge is -2.26. The summed E-state index contributed by atoms with van der Waals surface area (Å²) >= 11 is 0. The number of furan rings is 1. The summed E-state index contributed by atoms with van der Waals surface area (Å²) in [4.78, 5) is 21.0. The second-order valence-electron chi connectivity index (χ2n) is 8.17. The summed E-state index contributed by atoms with van der Waals surface area (Å²) in [6, 6.07) is 12.4. The Morgan fingerprint density at radius 1 is 1.10 bits per heavy atom. The largest absolute Gasteiger partial charge is 0.468 e. The van der Waals surface area contributed by atoms with Gasteiger partial charge >= 0.3 is 0 Å². The number of guanidine groups is 1. The van der Waals surface area contributed by atoms with Crippen molar-refractivity contribution >= 4 is 17.6 Å². The molecular weight excluding hydrogens is 390 g/mol. The van der Waals surface area contributed by atoms with E-state index in [-0.39, 0.29) is 11.9 Å². The second kappa shape index (κ2) is 10.5. The number of amides is 1. The molecule has 1 amide bonds. The van der Waals surface area contributed by atoms with Gasteiger partial charge in [-0.2, -0.15) is 0 Å². The van der Waals surface area contributed by atoms with Crippen LogP contribution in [-0.2, 0) is 11.3 Å². The highest BCUT2D eigenvalue weighted by atomic mass is 16.3. The molecule has 1 aromatic heterocycles. The van der Waals surface area contributed by atoms with E-state index < -0.39 is 0 Å². The highest BCUT2D eigenvalue weighted by Crippen LogP contribution is 2.25.